The van der Waals surface area contributed by atoms with Gasteiger partial charge in [0.25, 0.3) is 0 Å². The summed E-state index contributed by atoms with van der Waals surface area (Å²) in [6, 6.07) is 11.6. The van der Waals surface area contributed by atoms with Crippen LogP contribution in [0.3, 0.4) is 0 Å². The molecule has 3 rings (SSSR count). The van der Waals surface area contributed by atoms with Crippen LogP contribution >= 0.6 is 0 Å². The lowest BCUT2D eigenvalue weighted by atomic mass is 9.99. The van der Waals surface area contributed by atoms with E-state index >= 15 is 0 Å². The second-order valence-electron chi connectivity index (χ2n) is 5.81. The lowest BCUT2D eigenvalue weighted by Crippen LogP contribution is -2.17. The van der Waals surface area contributed by atoms with E-state index < -0.39 is 24.2 Å². The van der Waals surface area contributed by atoms with Gasteiger partial charge in [0, 0.05) is 11.1 Å². The lowest BCUT2D eigenvalue weighted by Gasteiger charge is -2.13. The molecule has 0 aliphatic rings. The molecule has 152 valence electrons. The quantitative estimate of drug-likeness (QED) is 0.549. The van der Waals surface area contributed by atoms with E-state index in [1.165, 1.54) is 30.5 Å². The molecule has 0 aliphatic carbocycles. The van der Waals surface area contributed by atoms with Crippen molar-refractivity contribution in [2.45, 2.75) is 12.7 Å². The van der Waals surface area contributed by atoms with E-state index in [-0.39, 0.29) is 0 Å². The van der Waals surface area contributed by atoms with Crippen molar-refractivity contribution in [3.8, 4) is 33.9 Å². The van der Waals surface area contributed by atoms with Gasteiger partial charge in [-0.1, -0.05) is 12.1 Å². The molecule has 0 amide bonds. The smallest absolute Gasteiger partial charge is 0.406 e. The number of rotatable bonds is 4. The first kappa shape index (κ1) is 20.3. The number of nitrogens with two attached hydrogens (primary N) is 1. The summed E-state index contributed by atoms with van der Waals surface area (Å²) in [5.74, 6) is -0.791. The summed E-state index contributed by atoms with van der Waals surface area (Å²) in [6.45, 7) is 0. The fourth-order valence-electron chi connectivity index (χ4n) is 2.58. The number of ether oxygens (including phenoxy) is 2. The van der Waals surface area contributed by atoms with Crippen molar-refractivity contribution in [2.24, 2.45) is 0 Å². The summed E-state index contributed by atoms with van der Waals surface area (Å²) in [4.78, 5) is 4.21. The minimum atomic E-state index is -4.81. The second kappa shape index (κ2) is 7.53. The van der Waals surface area contributed by atoms with Crippen LogP contribution in [0.2, 0.25) is 0 Å². The molecule has 10 heteroatoms. The number of benzene rings is 2. The molecule has 0 atom stereocenters. The normalized spacial score (nSPS) is 11.9. The van der Waals surface area contributed by atoms with Crippen LogP contribution in [-0.4, -0.2) is 17.7 Å². The van der Waals surface area contributed by atoms with Gasteiger partial charge in [-0.3, -0.25) is 4.98 Å². The van der Waals surface area contributed by atoms with Gasteiger partial charge in [-0.15, -0.1) is 26.3 Å². The fourth-order valence-corrected chi connectivity index (χ4v) is 2.58. The first-order valence-electron chi connectivity index (χ1n) is 7.98. The van der Waals surface area contributed by atoms with Gasteiger partial charge in [0.2, 0.25) is 0 Å². The molecular weight excluding hydrogens is 402 g/mol. The van der Waals surface area contributed by atoms with Crippen molar-refractivity contribution in [1.82, 2.24) is 4.98 Å². The van der Waals surface area contributed by atoms with E-state index in [0.717, 1.165) is 24.3 Å². The predicted octanol–water partition coefficient (Wildman–Crippen LogP) is 5.80. The third kappa shape index (κ3) is 5.53. The van der Waals surface area contributed by atoms with Crippen molar-refractivity contribution in [3.63, 3.8) is 0 Å². The van der Waals surface area contributed by atoms with Crippen LogP contribution in [0, 0.1) is 0 Å². The zero-order chi connectivity index (χ0) is 21.2. The van der Waals surface area contributed by atoms with Gasteiger partial charge in [0.15, 0.2) is 0 Å². The maximum atomic E-state index is 12.3. The molecule has 0 radical (unpaired) electrons. The minimum Gasteiger partial charge on any atom is -0.406 e. The molecule has 29 heavy (non-hydrogen) atoms. The van der Waals surface area contributed by atoms with Gasteiger partial charge in [-0.2, -0.15) is 0 Å². The molecule has 1 aromatic heterocycles. The van der Waals surface area contributed by atoms with Crippen LogP contribution < -0.4 is 15.2 Å². The van der Waals surface area contributed by atoms with Gasteiger partial charge in [-0.05, 0) is 48.0 Å². The third-order valence-corrected chi connectivity index (χ3v) is 3.67. The molecule has 2 N–H and O–H groups in total. The molecule has 0 unspecified atom stereocenters. The largest absolute Gasteiger partial charge is 0.573 e. The lowest BCUT2D eigenvalue weighted by molar-refractivity contribution is -0.275. The molecule has 1 heterocycles. The summed E-state index contributed by atoms with van der Waals surface area (Å²) in [5.41, 5.74) is 7.88. The van der Waals surface area contributed by atoms with Gasteiger partial charge in [0.1, 0.15) is 11.5 Å². The number of anilines is 1. The summed E-state index contributed by atoms with van der Waals surface area (Å²) in [7, 11) is 0. The van der Waals surface area contributed by atoms with E-state index in [1.54, 1.807) is 6.07 Å². The minimum absolute atomic E-state index is 0.302. The number of aromatic nitrogens is 1. The highest BCUT2D eigenvalue weighted by atomic mass is 19.4. The Morgan fingerprint density at radius 2 is 1.14 bits per heavy atom. The Kier molecular flexibility index (Phi) is 5.27. The Labute approximate surface area is 160 Å². The van der Waals surface area contributed by atoms with E-state index in [1.807, 2.05) is 0 Å². The molecule has 4 nitrogen and oxygen atoms in total. The molecule has 3 aromatic rings. The fraction of sp³-hybridized carbons (Fsp3) is 0.105. The first-order valence-corrected chi connectivity index (χ1v) is 7.98. The average Bonchev–Trinajstić information content (AvgIpc) is 2.60. The highest BCUT2D eigenvalue weighted by molar-refractivity contribution is 5.82. The van der Waals surface area contributed by atoms with E-state index in [9.17, 15) is 26.3 Å². The average molecular weight is 414 g/mol. The Morgan fingerprint density at radius 3 is 1.59 bits per heavy atom. The van der Waals surface area contributed by atoms with Gasteiger partial charge in [0.05, 0.1) is 17.6 Å². The molecule has 0 saturated carbocycles. The molecule has 0 fully saturated rings. The van der Waals surface area contributed by atoms with Crippen LogP contribution in [-0.2, 0) is 0 Å². The number of hydrogen-bond acceptors (Lipinski definition) is 4. The summed E-state index contributed by atoms with van der Waals surface area (Å²) in [6.07, 6.45) is -8.27. The maximum Gasteiger partial charge on any atom is 0.573 e. The summed E-state index contributed by atoms with van der Waals surface area (Å²) < 4.78 is 81.5. The number of hydrogen-bond donors (Lipinski definition) is 1. The standard InChI is InChI=1S/C19H12F6N2O2/c20-18(21,22)28-14-5-1-11(2-6-14)16-9-13(26)10-27-17(16)12-3-7-15(8-4-12)29-19(23,24)25/h1-10H,26H2. The first-order chi connectivity index (χ1) is 13.5. The molecule has 2 aromatic carbocycles. The van der Waals surface area contributed by atoms with Crippen LogP contribution in [0.1, 0.15) is 0 Å². The Morgan fingerprint density at radius 1 is 0.690 bits per heavy atom. The number of nitrogen functional groups attached to an aromatic ring is 1. The van der Waals surface area contributed by atoms with Gasteiger partial charge >= 0.3 is 12.7 Å². The van der Waals surface area contributed by atoms with E-state index in [2.05, 4.69) is 14.5 Å². The topological polar surface area (TPSA) is 57.4 Å². The Bertz CT molecular complexity index is 984. The Balaban J connectivity index is 1.94. The SMILES string of the molecule is Nc1cnc(-c2ccc(OC(F)(F)F)cc2)c(-c2ccc(OC(F)(F)F)cc2)c1. The zero-order valence-corrected chi connectivity index (χ0v) is 14.4. The molecule has 0 bridgehead atoms. The van der Waals surface area contributed by atoms with Crippen molar-refractivity contribution >= 4 is 5.69 Å². The van der Waals surface area contributed by atoms with Crippen LogP contribution in [0.5, 0.6) is 11.5 Å². The highest BCUT2D eigenvalue weighted by Crippen LogP contribution is 2.34. The van der Waals surface area contributed by atoms with Crippen LogP contribution in [0.4, 0.5) is 32.0 Å². The Hall–Kier alpha value is -3.43. The molecular formula is C19H12F6N2O2. The molecule has 0 saturated heterocycles. The van der Waals surface area contributed by atoms with Crippen molar-refractivity contribution in [3.05, 3.63) is 60.8 Å². The number of nitrogens with zero attached hydrogens (tertiary/aromatic N) is 1. The summed E-state index contributed by atoms with van der Waals surface area (Å²) in [5, 5.41) is 0. The van der Waals surface area contributed by atoms with Gasteiger partial charge in [-0.25, -0.2) is 0 Å². The predicted molar refractivity (Wildman–Crippen MR) is 92.9 cm³/mol. The van der Waals surface area contributed by atoms with E-state index in [4.69, 9.17) is 5.73 Å². The summed E-state index contributed by atoms with van der Waals surface area (Å²) >= 11 is 0. The third-order valence-electron chi connectivity index (χ3n) is 3.67. The highest BCUT2D eigenvalue weighted by Gasteiger charge is 2.31. The van der Waals surface area contributed by atoms with E-state index in [0.29, 0.717) is 28.1 Å². The second-order valence-corrected chi connectivity index (χ2v) is 5.81. The molecule has 0 spiro atoms. The van der Waals surface area contributed by atoms with Crippen molar-refractivity contribution < 1.29 is 35.8 Å². The van der Waals surface area contributed by atoms with Crippen LogP contribution in [0.15, 0.2) is 60.8 Å². The van der Waals surface area contributed by atoms with Gasteiger partial charge < -0.3 is 15.2 Å². The van der Waals surface area contributed by atoms with Crippen LogP contribution in [0.25, 0.3) is 22.4 Å². The molecule has 0 aliphatic heterocycles. The number of alkyl halides is 6. The number of halogens is 6. The van der Waals surface area contributed by atoms with Crippen molar-refractivity contribution in [1.29, 1.82) is 0 Å². The number of pyridine rings is 1. The maximum absolute atomic E-state index is 12.3. The zero-order valence-electron chi connectivity index (χ0n) is 14.4. The monoisotopic (exact) mass is 414 g/mol. The van der Waals surface area contributed by atoms with Crippen molar-refractivity contribution in [2.75, 3.05) is 5.73 Å².